The second kappa shape index (κ2) is 15.3. The fourth-order valence-corrected chi connectivity index (χ4v) is 2.83. The molecule has 1 aromatic carbocycles. The number of benzene rings is 1. The van der Waals surface area contributed by atoms with Crippen LogP contribution in [0.2, 0.25) is 0 Å². The zero-order valence-corrected chi connectivity index (χ0v) is 18.4. The number of likely N-dealkylation sites (N-methyl/N-ethyl adjacent to an activating group) is 1. The molecule has 0 aliphatic carbocycles. The Balaban J connectivity index is 2.80. The Labute approximate surface area is 179 Å². The van der Waals surface area contributed by atoms with Crippen LogP contribution in [0.3, 0.4) is 0 Å². The van der Waals surface area contributed by atoms with Crippen LogP contribution in [0.15, 0.2) is 24.3 Å². The molecule has 0 atom stereocenters. The molecule has 0 saturated carbocycles. The third-order valence-corrected chi connectivity index (χ3v) is 4.66. The summed E-state index contributed by atoms with van der Waals surface area (Å²) in [6, 6.07) is 4.97. The lowest BCUT2D eigenvalue weighted by Crippen LogP contribution is -2.30. The first-order chi connectivity index (χ1) is 14.5. The minimum atomic E-state index is -0.631. The Morgan fingerprint density at radius 3 is 2.57 bits per heavy atom. The van der Waals surface area contributed by atoms with Crippen molar-refractivity contribution in [1.29, 1.82) is 0 Å². The van der Waals surface area contributed by atoms with Gasteiger partial charge in [0, 0.05) is 19.2 Å². The van der Waals surface area contributed by atoms with Crippen molar-refractivity contribution in [2.24, 2.45) is 0 Å². The molecule has 0 saturated heterocycles. The smallest absolute Gasteiger partial charge is 0.319 e. The first-order valence-corrected chi connectivity index (χ1v) is 10.7. The fourth-order valence-electron chi connectivity index (χ4n) is 2.83. The van der Waals surface area contributed by atoms with E-state index in [1.165, 1.54) is 6.08 Å². The molecule has 0 unspecified atom stereocenters. The van der Waals surface area contributed by atoms with Crippen LogP contribution in [0, 0.1) is 0 Å². The molecule has 0 aromatic heterocycles. The van der Waals surface area contributed by atoms with Crippen LogP contribution in [-0.2, 0) is 4.79 Å². The second-order valence-electron chi connectivity index (χ2n) is 6.88. The maximum atomic E-state index is 12.3. The molecule has 0 fully saturated rings. The number of amides is 3. The van der Waals surface area contributed by atoms with Gasteiger partial charge in [-0.15, -0.1) is 0 Å². The molecule has 8 nitrogen and oxygen atoms in total. The van der Waals surface area contributed by atoms with Crippen LogP contribution in [0.4, 0.5) is 10.5 Å². The molecule has 8 heteroatoms. The van der Waals surface area contributed by atoms with Crippen LogP contribution >= 0.6 is 0 Å². The van der Waals surface area contributed by atoms with Crippen LogP contribution in [0.1, 0.15) is 52.0 Å². The maximum absolute atomic E-state index is 12.3. The van der Waals surface area contributed by atoms with E-state index in [2.05, 4.69) is 36.3 Å². The Hall–Kier alpha value is -2.58. The molecular weight excluding hydrogens is 384 g/mol. The molecule has 1 rings (SSSR count). The zero-order valence-electron chi connectivity index (χ0n) is 18.4. The van der Waals surface area contributed by atoms with Crippen LogP contribution in [0.5, 0.6) is 5.75 Å². The predicted octanol–water partition coefficient (Wildman–Crippen LogP) is 3.63. The predicted molar refractivity (Wildman–Crippen MR) is 120 cm³/mol. The Morgan fingerprint density at radius 1 is 1.13 bits per heavy atom. The van der Waals surface area contributed by atoms with Gasteiger partial charge in [0.05, 0.1) is 5.69 Å². The van der Waals surface area contributed by atoms with Crippen molar-refractivity contribution in [1.82, 2.24) is 15.7 Å². The van der Waals surface area contributed by atoms with Crippen molar-refractivity contribution in [3.8, 4) is 5.75 Å². The fraction of sp³-hybridized carbons (Fsp3) is 0.545. The van der Waals surface area contributed by atoms with Crippen LogP contribution in [-0.4, -0.2) is 54.8 Å². The van der Waals surface area contributed by atoms with Crippen molar-refractivity contribution in [2.75, 3.05) is 38.1 Å². The van der Waals surface area contributed by atoms with Crippen molar-refractivity contribution < 1.29 is 19.5 Å². The number of rotatable bonds is 14. The molecule has 0 bridgehead atoms. The lowest BCUT2D eigenvalue weighted by Gasteiger charge is -2.19. The zero-order chi connectivity index (χ0) is 22.2. The van der Waals surface area contributed by atoms with E-state index in [4.69, 9.17) is 9.94 Å². The third-order valence-electron chi connectivity index (χ3n) is 4.66. The van der Waals surface area contributed by atoms with Gasteiger partial charge in [0.2, 0.25) is 0 Å². The van der Waals surface area contributed by atoms with E-state index in [-0.39, 0.29) is 6.03 Å². The summed E-state index contributed by atoms with van der Waals surface area (Å²) < 4.78 is 5.90. The molecule has 3 amide bonds. The first-order valence-electron chi connectivity index (χ1n) is 10.7. The Morgan fingerprint density at radius 2 is 1.90 bits per heavy atom. The standard InChI is InChI=1S/C22H36N4O4/c1-4-7-8-9-14-23-22(28)24-19-17-18(11-13-21(27)25-29)10-12-20(19)30-16-15-26(5-2)6-3/h10-13,17,29H,4-9,14-16H2,1-3H3,(H,25,27)(H2,23,24,28)/b13-11+. The Bertz CT molecular complexity index is 675. The summed E-state index contributed by atoms with van der Waals surface area (Å²) in [5.74, 6) is -0.0686. The number of carbonyl (C=O) groups excluding carboxylic acids is 2. The summed E-state index contributed by atoms with van der Waals surface area (Å²) in [5, 5.41) is 14.3. The average Bonchev–Trinajstić information content (AvgIpc) is 2.76. The number of nitrogens with zero attached hydrogens (tertiary/aromatic N) is 1. The molecule has 0 spiro atoms. The SMILES string of the molecule is CCCCCCNC(=O)Nc1cc(/C=C/C(=O)NO)ccc1OCCN(CC)CC. The molecule has 4 N–H and O–H groups in total. The number of nitrogens with one attached hydrogen (secondary N) is 3. The summed E-state index contributed by atoms with van der Waals surface area (Å²) in [7, 11) is 0. The number of anilines is 1. The summed E-state index contributed by atoms with van der Waals surface area (Å²) in [5.41, 5.74) is 2.75. The normalized spacial score (nSPS) is 11.0. The number of carbonyl (C=O) groups is 2. The monoisotopic (exact) mass is 420 g/mol. The van der Waals surface area contributed by atoms with Gasteiger partial charge in [-0.3, -0.25) is 10.0 Å². The number of ether oxygens (including phenoxy) is 1. The summed E-state index contributed by atoms with van der Waals surface area (Å²) >= 11 is 0. The average molecular weight is 421 g/mol. The summed E-state index contributed by atoms with van der Waals surface area (Å²) in [6.07, 6.45) is 7.07. The lowest BCUT2D eigenvalue weighted by atomic mass is 10.1. The molecular formula is C22H36N4O4. The highest BCUT2D eigenvalue weighted by Gasteiger charge is 2.10. The number of hydrogen-bond donors (Lipinski definition) is 4. The van der Waals surface area contributed by atoms with E-state index >= 15 is 0 Å². The highest BCUT2D eigenvalue weighted by molar-refractivity contribution is 5.93. The van der Waals surface area contributed by atoms with E-state index in [0.29, 0.717) is 30.2 Å². The van der Waals surface area contributed by atoms with Crippen molar-refractivity contribution in [3.63, 3.8) is 0 Å². The van der Waals surface area contributed by atoms with Crippen molar-refractivity contribution >= 4 is 23.7 Å². The lowest BCUT2D eigenvalue weighted by molar-refractivity contribution is -0.124. The molecule has 30 heavy (non-hydrogen) atoms. The van der Waals surface area contributed by atoms with E-state index in [1.807, 2.05) is 0 Å². The second-order valence-corrected chi connectivity index (χ2v) is 6.88. The van der Waals surface area contributed by atoms with E-state index < -0.39 is 5.91 Å². The van der Waals surface area contributed by atoms with Gasteiger partial charge in [-0.2, -0.15) is 0 Å². The molecule has 0 heterocycles. The van der Waals surface area contributed by atoms with Crippen molar-refractivity contribution in [2.45, 2.75) is 46.5 Å². The van der Waals surface area contributed by atoms with Gasteiger partial charge in [-0.05, 0) is 43.3 Å². The highest BCUT2D eigenvalue weighted by atomic mass is 16.5. The number of hydroxylamine groups is 1. The Kier molecular flexibility index (Phi) is 13.0. The summed E-state index contributed by atoms with van der Waals surface area (Å²) in [4.78, 5) is 25.8. The van der Waals surface area contributed by atoms with E-state index in [0.717, 1.165) is 45.3 Å². The number of hydrogen-bond acceptors (Lipinski definition) is 5. The van der Waals surface area contributed by atoms with Gasteiger partial charge in [-0.1, -0.05) is 46.1 Å². The van der Waals surface area contributed by atoms with Gasteiger partial charge in [0.25, 0.3) is 5.91 Å². The topological polar surface area (TPSA) is 103 Å². The minimum absolute atomic E-state index is 0.297. The van der Waals surface area contributed by atoms with Gasteiger partial charge < -0.3 is 20.3 Å². The number of urea groups is 1. The van der Waals surface area contributed by atoms with Gasteiger partial charge >= 0.3 is 6.03 Å². The summed E-state index contributed by atoms with van der Waals surface area (Å²) in [6.45, 7) is 10.1. The molecule has 0 aliphatic rings. The highest BCUT2D eigenvalue weighted by Crippen LogP contribution is 2.26. The largest absolute Gasteiger partial charge is 0.490 e. The van der Waals surface area contributed by atoms with Crippen LogP contribution in [0.25, 0.3) is 6.08 Å². The quantitative estimate of drug-likeness (QED) is 0.159. The van der Waals surface area contributed by atoms with Gasteiger partial charge in [-0.25, -0.2) is 10.3 Å². The minimum Gasteiger partial charge on any atom is -0.490 e. The third kappa shape index (κ3) is 10.3. The molecule has 0 radical (unpaired) electrons. The van der Waals surface area contributed by atoms with E-state index in [9.17, 15) is 9.59 Å². The van der Waals surface area contributed by atoms with Crippen LogP contribution < -0.4 is 20.9 Å². The van der Waals surface area contributed by atoms with Gasteiger partial charge in [0.15, 0.2) is 0 Å². The van der Waals surface area contributed by atoms with E-state index in [1.54, 1.807) is 29.8 Å². The molecule has 168 valence electrons. The van der Waals surface area contributed by atoms with Crippen molar-refractivity contribution in [3.05, 3.63) is 29.8 Å². The molecule has 0 aliphatic heterocycles. The number of unbranched alkanes of at least 4 members (excludes halogenated alkanes) is 3. The van der Waals surface area contributed by atoms with Gasteiger partial charge in [0.1, 0.15) is 12.4 Å². The first kappa shape index (κ1) is 25.5. The maximum Gasteiger partial charge on any atom is 0.319 e. The molecule has 1 aromatic rings.